The first kappa shape index (κ1) is 27.7. The summed E-state index contributed by atoms with van der Waals surface area (Å²) in [6.07, 6.45) is 0.292. The number of likely N-dealkylation sites (tertiary alicyclic amines) is 1. The highest BCUT2D eigenvalue weighted by Crippen LogP contribution is 2.51. The van der Waals surface area contributed by atoms with Crippen molar-refractivity contribution in [2.75, 3.05) is 6.54 Å². The molecule has 2 aromatic rings. The summed E-state index contributed by atoms with van der Waals surface area (Å²) in [5.41, 5.74) is -1.61. The minimum Gasteiger partial charge on any atom is -0.481 e. The van der Waals surface area contributed by atoms with Crippen molar-refractivity contribution in [1.82, 2.24) is 4.90 Å². The number of alkyl halides is 4. The molecule has 1 aliphatic heterocycles. The van der Waals surface area contributed by atoms with Crippen molar-refractivity contribution < 1.29 is 32.3 Å². The maximum atomic E-state index is 14.9. The molecule has 1 heterocycles. The van der Waals surface area contributed by atoms with E-state index >= 15 is 0 Å². The van der Waals surface area contributed by atoms with Crippen LogP contribution >= 0.6 is 0 Å². The van der Waals surface area contributed by atoms with Crippen LogP contribution in [0.5, 0.6) is 0 Å². The lowest BCUT2D eigenvalue weighted by Gasteiger charge is -2.54. The lowest BCUT2D eigenvalue weighted by molar-refractivity contribution is -0.228. The van der Waals surface area contributed by atoms with Crippen LogP contribution in [0.15, 0.2) is 48.5 Å². The first-order chi connectivity index (χ1) is 18.4. The second kappa shape index (κ2) is 10.3. The Balaban J connectivity index is 1.51. The van der Waals surface area contributed by atoms with E-state index in [0.717, 1.165) is 29.5 Å². The molecule has 1 N–H and O–H groups in total. The minimum atomic E-state index is -5.02. The maximum Gasteiger partial charge on any atom is 0.426 e. The number of hydrogen-bond acceptors (Lipinski definition) is 2. The molecule has 5 rings (SSSR count). The number of carbonyl (C=O) groups excluding carboxylic acids is 1. The smallest absolute Gasteiger partial charge is 0.426 e. The molecule has 1 saturated carbocycles. The number of carboxylic acids is 1. The summed E-state index contributed by atoms with van der Waals surface area (Å²) in [6, 6.07) is 14.1. The fraction of sp³-hybridized carbons (Fsp3) is 0.548. The number of amides is 1. The summed E-state index contributed by atoms with van der Waals surface area (Å²) in [5, 5.41) is 9.37. The maximum absolute atomic E-state index is 14.9. The number of aliphatic carboxylic acids is 1. The summed E-state index contributed by atoms with van der Waals surface area (Å²) in [7, 11) is 0. The molecule has 8 heteroatoms. The molecule has 1 amide bonds. The molecule has 2 fully saturated rings. The summed E-state index contributed by atoms with van der Waals surface area (Å²) in [5.74, 6) is -1.36. The van der Waals surface area contributed by atoms with Crippen LogP contribution in [0, 0.1) is 11.8 Å². The first-order valence-electron chi connectivity index (χ1n) is 13.9. The van der Waals surface area contributed by atoms with Gasteiger partial charge < -0.3 is 10.0 Å². The van der Waals surface area contributed by atoms with Crippen molar-refractivity contribution in [3.05, 3.63) is 70.8 Å². The molecule has 3 unspecified atom stereocenters. The summed E-state index contributed by atoms with van der Waals surface area (Å²) >= 11 is 0. The second-order valence-corrected chi connectivity index (χ2v) is 11.8. The Morgan fingerprint density at radius 3 is 2.28 bits per heavy atom. The predicted octanol–water partition coefficient (Wildman–Crippen LogP) is 6.74. The van der Waals surface area contributed by atoms with Crippen LogP contribution in [0.4, 0.5) is 17.6 Å². The number of piperidine rings is 1. The fourth-order valence-electron chi connectivity index (χ4n) is 7.31. The molecular weight excluding hydrogens is 510 g/mol. The van der Waals surface area contributed by atoms with Crippen LogP contribution in [-0.2, 0) is 33.5 Å². The highest BCUT2D eigenvalue weighted by Gasteiger charge is 2.55. The number of carboxylic acid groups (broad SMARTS) is 1. The lowest BCUT2D eigenvalue weighted by Crippen LogP contribution is -2.60. The standard InChI is InChI=1S/C31H35F4NO3/c1-29(32,31(33,34)35)24-13-14-25-23(18-24)12-15-26-30(25,19-20-6-3-2-4-7-20)16-5-17-36(26)27(37)21-8-10-22(11-9-21)28(38)39/h2-4,6-7,13-14,18,21-22,26H,5,8-12,15-17,19H2,1H3,(H,38,39)/t21-,22-,26?,29?,30?. The molecule has 0 bridgehead atoms. The first-order valence-corrected chi connectivity index (χ1v) is 13.9. The monoisotopic (exact) mass is 545 g/mol. The molecular formula is C31H35F4NO3. The zero-order chi connectivity index (χ0) is 28.0. The third-order valence-electron chi connectivity index (χ3n) is 9.51. The zero-order valence-corrected chi connectivity index (χ0v) is 22.1. The molecule has 0 aromatic heterocycles. The van der Waals surface area contributed by atoms with E-state index in [1.54, 1.807) is 6.07 Å². The third-order valence-corrected chi connectivity index (χ3v) is 9.51. The quantitative estimate of drug-likeness (QED) is 0.424. The number of nitrogens with zero attached hydrogens (tertiary/aromatic N) is 1. The zero-order valence-electron chi connectivity index (χ0n) is 22.1. The number of benzene rings is 2. The van der Waals surface area contributed by atoms with Crippen LogP contribution in [0.3, 0.4) is 0 Å². The van der Waals surface area contributed by atoms with E-state index < -0.39 is 29.1 Å². The second-order valence-electron chi connectivity index (χ2n) is 11.8. The van der Waals surface area contributed by atoms with E-state index in [0.29, 0.717) is 58.4 Å². The molecule has 3 atom stereocenters. The highest BCUT2D eigenvalue weighted by atomic mass is 19.4. The molecule has 1 saturated heterocycles. The minimum absolute atomic E-state index is 0.0643. The van der Waals surface area contributed by atoms with Crippen molar-refractivity contribution >= 4 is 11.9 Å². The molecule has 210 valence electrons. The predicted molar refractivity (Wildman–Crippen MR) is 139 cm³/mol. The molecule has 2 aliphatic carbocycles. The van der Waals surface area contributed by atoms with Gasteiger partial charge in [0.1, 0.15) is 0 Å². The lowest BCUT2D eigenvalue weighted by atomic mass is 9.59. The van der Waals surface area contributed by atoms with Gasteiger partial charge in [0.25, 0.3) is 0 Å². The van der Waals surface area contributed by atoms with Gasteiger partial charge in [0.2, 0.25) is 11.6 Å². The summed E-state index contributed by atoms with van der Waals surface area (Å²) in [4.78, 5) is 27.3. The van der Waals surface area contributed by atoms with Gasteiger partial charge in [-0.2, -0.15) is 13.2 Å². The Hall–Kier alpha value is -2.90. The molecule has 4 nitrogen and oxygen atoms in total. The normalized spacial score (nSPS) is 28.6. The van der Waals surface area contributed by atoms with Gasteiger partial charge in [0.05, 0.1) is 5.92 Å². The Morgan fingerprint density at radius 2 is 1.64 bits per heavy atom. The Bertz CT molecular complexity index is 1220. The van der Waals surface area contributed by atoms with Gasteiger partial charge in [-0.05, 0) is 87.0 Å². The van der Waals surface area contributed by atoms with Gasteiger partial charge in [0, 0.05) is 23.9 Å². The van der Waals surface area contributed by atoms with Crippen LogP contribution in [-0.4, -0.2) is 40.6 Å². The number of halogens is 4. The van der Waals surface area contributed by atoms with E-state index in [-0.39, 0.29) is 23.4 Å². The fourth-order valence-corrected chi connectivity index (χ4v) is 7.31. The van der Waals surface area contributed by atoms with Gasteiger partial charge in [-0.25, -0.2) is 4.39 Å². The van der Waals surface area contributed by atoms with Crippen molar-refractivity contribution in [3.63, 3.8) is 0 Å². The van der Waals surface area contributed by atoms with Crippen molar-refractivity contribution in [2.45, 2.75) is 88.0 Å². The molecule has 0 spiro atoms. The van der Waals surface area contributed by atoms with Crippen LogP contribution in [0.1, 0.15) is 74.1 Å². The van der Waals surface area contributed by atoms with Crippen LogP contribution < -0.4 is 0 Å². The summed E-state index contributed by atoms with van der Waals surface area (Å²) in [6.45, 7) is 1.18. The van der Waals surface area contributed by atoms with Gasteiger partial charge in [-0.1, -0.05) is 48.5 Å². The Kier molecular flexibility index (Phi) is 7.27. The number of fused-ring (bicyclic) bond motifs is 3. The number of carbonyl (C=O) groups is 2. The van der Waals surface area contributed by atoms with Gasteiger partial charge >= 0.3 is 12.1 Å². The van der Waals surface area contributed by atoms with E-state index in [4.69, 9.17) is 0 Å². The van der Waals surface area contributed by atoms with Crippen LogP contribution in [0.25, 0.3) is 0 Å². The number of aryl methyl sites for hydroxylation is 1. The van der Waals surface area contributed by atoms with Crippen molar-refractivity contribution in [2.24, 2.45) is 11.8 Å². The third kappa shape index (κ3) is 4.95. The topological polar surface area (TPSA) is 57.6 Å². The van der Waals surface area contributed by atoms with Crippen molar-refractivity contribution in [3.8, 4) is 0 Å². The van der Waals surface area contributed by atoms with E-state index in [1.807, 2.05) is 35.2 Å². The van der Waals surface area contributed by atoms with E-state index in [1.165, 1.54) is 12.1 Å². The van der Waals surface area contributed by atoms with Crippen LogP contribution in [0.2, 0.25) is 0 Å². The SMILES string of the molecule is CC(F)(c1ccc2c(c1)CCC1N(C(=O)[C@H]3CC[C@H](C(=O)O)CC3)CCCC21Cc1ccccc1)C(F)(F)F. The number of rotatable bonds is 5. The number of hydrogen-bond donors (Lipinski definition) is 1. The average Bonchev–Trinajstić information content (AvgIpc) is 2.91. The average molecular weight is 546 g/mol. The molecule has 39 heavy (non-hydrogen) atoms. The Morgan fingerprint density at radius 1 is 0.974 bits per heavy atom. The van der Waals surface area contributed by atoms with E-state index in [9.17, 15) is 32.3 Å². The largest absolute Gasteiger partial charge is 0.481 e. The van der Waals surface area contributed by atoms with Gasteiger partial charge in [-0.15, -0.1) is 0 Å². The van der Waals surface area contributed by atoms with Crippen molar-refractivity contribution in [1.29, 1.82) is 0 Å². The Labute approximate surface area is 226 Å². The highest BCUT2D eigenvalue weighted by molar-refractivity contribution is 5.80. The molecule has 2 aromatic carbocycles. The van der Waals surface area contributed by atoms with Gasteiger partial charge in [0.15, 0.2) is 0 Å². The summed E-state index contributed by atoms with van der Waals surface area (Å²) < 4.78 is 55.5. The molecule has 0 radical (unpaired) electrons. The van der Waals surface area contributed by atoms with E-state index in [2.05, 4.69) is 0 Å². The van der Waals surface area contributed by atoms with Gasteiger partial charge in [-0.3, -0.25) is 9.59 Å². The molecule has 3 aliphatic rings.